The molecule has 2 aromatic carbocycles. The molecular formula is C16H15NS. The van der Waals surface area contributed by atoms with Gasteiger partial charge >= 0.3 is 0 Å². The van der Waals surface area contributed by atoms with Crippen molar-refractivity contribution < 1.29 is 0 Å². The SMILES string of the molecule is NCCc1c(-c2ccccc2)sc2ccccc12. The maximum Gasteiger partial charge on any atom is 0.0387 e. The van der Waals surface area contributed by atoms with Crippen LogP contribution in [0.2, 0.25) is 0 Å². The molecule has 1 nitrogen and oxygen atoms in total. The third-order valence-electron chi connectivity index (χ3n) is 3.13. The molecule has 0 fully saturated rings. The minimum Gasteiger partial charge on any atom is -0.330 e. The average molecular weight is 253 g/mol. The maximum absolute atomic E-state index is 5.76. The second-order valence-electron chi connectivity index (χ2n) is 4.31. The third-order valence-corrected chi connectivity index (χ3v) is 4.39. The first-order valence-corrected chi connectivity index (χ1v) is 6.97. The fraction of sp³-hybridized carbons (Fsp3) is 0.125. The summed E-state index contributed by atoms with van der Waals surface area (Å²) in [6.45, 7) is 0.695. The number of nitrogens with two attached hydrogens (primary N) is 1. The van der Waals surface area contributed by atoms with Gasteiger partial charge in [-0.05, 0) is 35.5 Å². The molecule has 0 saturated carbocycles. The molecule has 0 bridgehead atoms. The van der Waals surface area contributed by atoms with E-state index in [0.29, 0.717) is 6.54 Å². The summed E-state index contributed by atoms with van der Waals surface area (Å²) in [7, 11) is 0. The minimum absolute atomic E-state index is 0.695. The molecule has 1 heterocycles. The highest BCUT2D eigenvalue weighted by Crippen LogP contribution is 2.38. The van der Waals surface area contributed by atoms with Crippen molar-refractivity contribution in [3.8, 4) is 10.4 Å². The molecule has 2 heteroatoms. The first-order valence-electron chi connectivity index (χ1n) is 6.16. The smallest absolute Gasteiger partial charge is 0.0387 e. The van der Waals surface area contributed by atoms with Crippen molar-refractivity contribution in [2.45, 2.75) is 6.42 Å². The van der Waals surface area contributed by atoms with Crippen LogP contribution in [0, 0.1) is 0 Å². The Bertz CT molecular complexity index is 655. The highest BCUT2D eigenvalue weighted by Gasteiger charge is 2.12. The molecule has 2 N–H and O–H groups in total. The molecule has 3 rings (SSSR count). The molecule has 0 aliphatic heterocycles. The van der Waals surface area contributed by atoms with Crippen LogP contribution in [0.15, 0.2) is 54.6 Å². The van der Waals surface area contributed by atoms with Gasteiger partial charge in [0.05, 0.1) is 0 Å². The van der Waals surface area contributed by atoms with Gasteiger partial charge in [0.2, 0.25) is 0 Å². The van der Waals surface area contributed by atoms with Crippen molar-refractivity contribution in [3.05, 3.63) is 60.2 Å². The van der Waals surface area contributed by atoms with Crippen LogP contribution in [-0.2, 0) is 6.42 Å². The zero-order valence-corrected chi connectivity index (χ0v) is 10.9. The van der Waals surface area contributed by atoms with Crippen molar-refractivity contribution >= 4 is 21.4 Å². The first-order chi connectivity index (χ1) is 8.90. The van der Waals surface area contributed by atoms with Crippen molar-refractivity contribution in [1.29, 1.82) is 0 Å². The largest absolute Gasteiger partial charge is 0.330 e. The van der Waals surface area contributed by atoms with Gasteiger partial charge in [0.25, 0.3) is 0 Å². The summed E-state index contributed by atoms with van der Waals surface area (Å²) in [5.74, 6) is 0. The number of rotatable bonds is 3. The Hall–Kier alpha value is -1.64. The predicted octanol–water partition coefficient (Wildman–Crippen LogP) is 4.07. The molecule has 0 aliphatic rings. The molecule has 18 heavy (non-hydrogen) atoms. The predicted molar refractivity (Wildman–Crippen MR) is 80.0 cm³/mol. The molecule has 0 radical (unpaired) electrons. The summed E-state index contributed by atoms with van der Waals surface area (Å²) < 4.78 is 1.35. The van der Waals surface area contributed by atoms with E-state index >= 15 is 0 Å². The summed E-state index contributed by atoms with van der Waals surface area (Å²) in [4.78, 5) is 1.36. The number of benzene rings is 2. The van der Waals surface area contributed by atoms with Gasteiger partial charge < -0.3 is 5.73 Å². The van der Waals surface area contributed by atoms with Crippen LogP contribution < -0.4 is 5.73 Å². The van der Waals surface area contributed by atoms with Crippen LogP contribution >= 0.6 is 11.3 Å². The molecule has 0 unspecified atom stereocenters. The summed E-state index contributed by atoms with van der Waals surface area (Å²) in [6.07, 6.45) is 0.939. The second kappa shape index (κ2) is 4.92. The zero-order chi connectivity index (χ0) is 12.4. The molecule has 90 valence electrons. The van der Waals surface area contributed by atoms with E-state index in [1.54, 1.807) is 0 Å². The van der Waals surface area contributed by atoms with Crippen molar-refractivity contribution in [3.63, 3.8) is 0 Å². The van der Waals surface area contributed by atoms with Crippen LogP contribution in [0.25, 0.3) is 20.5 Å². The Morgan fingerprint density at radius 3 is 2.39 bits per heavy atom. The van der Waals surface area contributed by atoms with E-state index in [1.165, 1.54) is 26.1 Å². The molecule has 0 atom stereocenters. The van der Waals surface area contributed by atoms with E-state index < -0.39 is 0 Å². The quantitative estimate of drug-likeness (QED) is 0.748. The third kappa shape index (κ3) is 1.94. The van der Waals surface area contributed by atoms with E-state index in [1.807, 2.05) is 11.3 Å². The van der Waals surface area contributed by atoms with Crippen molar-refractivity contribution in [2.24, 2.45) is 5.73 Å². The number of fused-ring (bicyclic) bond motifs is 1. The Labute approximate surface area is 111 Å². The Kier molecular flexibility index (Phi) is 3.13. The monoisotopic (exact) mass is 253 g/mol. The highest BCUT2D eigenvalue weighted by atomic mass is 32.1. The van der Waals surface area contributed by atoms with E-state index in [4.69, 9.17) is 5.73 Å². The summed E-state index contributed by atoms with van der Waals surface area (Å²) in [6, 6.07) is 19.2. The topological polar surface area (TPSA) is 26.0 Å². The Morgan fingerprint density at radius 1 is 0.889 bits per heavy atom. The maximum atomic E-state index is 5.76. The van der Waals surface area contributed by atoms with Crippen LogP contribution in [0.3, 0.4) is 0 Å². The molecule has 0 aliphatic carbocycles. The summed E-state index contributed by atoms with van der Waals surface area (Å²) >= 11 is 1.86. The first kappa shape index (κ1) is 11.5. The number of hydrogen-bond donors (Lipinski definition) is 1. The van der Waals surface area contributed by atoms with Gasteiger partial charge in [-0.25, -0.2) is 0 Å². The zero-order valence-electron chi connectivity index (χ0n) is 10.1. The van der Waals surface area contributed by atoms with Gasteiger partial charge in [-0.15, -0.1) is 11.3 Å². The van der Waals surface area contributed by atoms with Gasteiger partial charge in [0.1, 0.15) is 0 Å². The molecule has 0 spiro atoms. The number of hydrogen-bond acceptors (Lipinski definition) is 2. The van der Waals surface area contributed by atoms with Crippen molar-refractivity contribution in [1.82, 2.24) is 0 Å². The Balaban J connectivity index is 2.25. The summed E-state index contributed by atoms with van der Waals surface area (Å²) in [5.41, 5.74) is 8.45. The van der Waals surface area contributed by atoms with E-state index in [9.17, 15) is 0 Å². The molecule has 0 saturated heterocycles. The lowest BCUT2D eigenvalue weighted by Gasteiger charge is -2.03. The second-order valence-corrected chi connectivity index (χ2v) is 5.36. The molecule has 0 amide bonds. The van der Waals surface area contributed by atoms with Crippen LogP contribution in [0.1, 0.15) is 5.56 Å². The lowest BCUT2D eigenvalue weighted by Crippen LogP contribution is -2.02. The van der Waals surface area contributed by atoms with Crippen molar-refractivity contribution in [2.75, 3.05) is 6.54 Å². The molecule has 1 aromatic heterocycles. The Morgan fingerprint density at radius 2 is 1.61 bits per heavy atom. The van der Waals surface area contributed by atoms with Crippen LogP contribution in [0.4, 0.5) is 0 Å². The fourth-order valence-corrected chi connectivity index (χ4v) is 3.57. The van der Waals surface area contributed by atoms with Gasteiger partial charge in [-0.1, -0.05) is 48.5 Å². The van der Waals surface area contributed by atoms with Gasteiger partial charge in [0, 0.05) is 9.58 Å². The lowest BCUT2D eigenvalue weighted by molar-refractivity contribution is 0.982. The molecular weight excluding hydrogens is 238 g/mol. The van der Waals surface area contributed by atoms with Gasteiger partial charge in [-0.2, -0.15) is 0 Å². The van der Waals surface area contributed by atoms with E-state index in [2.05, 4.69) is 54.6 Å². The standard InChI is InChI=1S/C16H15NS/c17-11-10-14-13-8-4-5-9-15(13)18-16(14)12-6-2-1-3-7-12/h1-9H,10-11,17H2. The van der Waals surface area contributed by atoms with E-state index in [-0.39, 0.29) is 0 Å². The van der Waals surface area contributed by atoms with Crippen LogP contribution in [-0.4, -0.2) is 6.54 Å². The normalized spacial score (nSPS) is 10.9. The lowest BCUT2D eigenvalue weighted by atomic mass is 10.0. The summed E-state index contributed by atoms with van der Waals surface area (Å²) in [5, 5.41) is 1.35. The molecule has 3 aromatic rings. The minimum atomic E-state index is 0.695. The fourth-order valence-electron chi connectivity index (χ4n) is 2.31. The number of thiophene rings is 1. The highest BCUT2D eigenvalue weighted by molar-refractivity contribution is 7.22. The van der Waals surface area contributed by atoms with Gasteiger partial charge in [0.15, 0.2) is 0 Å². The van der Waals surface area contributed by atoms with Crippen LogP contribution in [0.5, 0.6) is 0 Å². The van der Waals surface area contributed by atoms with E-state index in [0.717, 1.165) is 6.42 Å². The van der Waals surface area contributed by atoms with Gasteiger partial charge in [-0.3, -0.25) is 0 Å². The average Bonchev–Trinajstić information content (AvgIpc) is 2.80.